The highest BCUT2D eigenvalue weighted by Crippen LogP contribution is 2.28. The number of fused-ring (bicyclic) bond motifs is 1. The molecule has 2 heterocycles. The van der Waals surface area contributed by atoms with Gasteiger partial charge in [-0.2, -0.15) is 0 Å². The maximum absolute atomic E-state index is 13.0. The summed E-state index contributed by atoms with van der Waals surface area (Å²) in [5.74, 6) is 1.03. The lowest BCUT2D eigenvalue weighted by Gasteiger charge is -2.32. The van der Waals surface area contributed by atoms with E-state index in [2.05, 4.69) is 0 Å². The summed E-state index contributed by atoms with van der Waals surface area (Å²) in [6.07, 6.45) is 0.813. The van der Waals surface area contributed by atoms with Crippen molar-refractivity contribution in [2.24, 2.45) is 0 Å². The third kappa shape index (κ3) is 3.59. The highest BCUT2D eigenvalue weighted by Gasteiger charge is 2.29. The first-order valence-corrected chi connectivity index (χ1v) is 8.93. The molecule has 0 saturated heterocycles. The van der Waals surface area contributed by atoms with Gasteiger partial charge < -0.3 is 19.2 Å². The van der Waals surface area contributed by atoms with Crippen LogP contribution in [-0.4, -0.2) is 22.5 Å². The molecule has 1 aromatic heterocycles. The number of hydrogen-bond acceptors (Lipinski definition) is 4. The first-order valence-electron chi connectivity index (χ1n) is 8.93. The van der Waals surface area contributed by atoms with Gasteiger partial charge in [0.05, 0.1) is 24.5 Å². The molecule has 0 radical (unpaired) electrons. The van der Waals surface area contributed by atoms with Crippen LogP contribution in [0.4, 0.5) is 0 Å². The van der Waals surface area contributed by atoms with Crippen molar-refractivity contribution >= 4 is 5.91 Å². The van der Waals surface area contributed by atoms with E-state index in [1.165, 1.54) is 6.26 Å². The Morgan fingerprint density at radius 3 is 2.78 bits per heavy atom. The van der Waals surface area contributed by atoms with Gasteiger partial charge in [0.25, 0.3) is 5.91 Å². The summed E-state index contributed by atoms with van der Waals surface area (Å²) in [5.41, 5.74) is 3.47. The molecule has 0 spiro atoms. The molecule has 1 N–H and O–H groups in total. The van der Waals surface area contributed by atoms with Crippen molar-refractivity contribution in [2.45, 2.75) is 26.2 Å². The Morgan fingerprint density at radius 1 is 1.19 bits per heavy atom. The normalized spacial score (nSPS) is 16.1. The molecule has 1 aliphatic rings. The smallest absolute Gasteiger partial charge is 0.257 e. The molecule has 0 bridgehead atoms. The average molecular weight is 363 g/mol. The van der Waals surface area contributed by atoms with E-state index >= 15 is 0 Å². The molecule has 0 fully saturated rings. The standard InChI is InChI=1S/C22H21NO4/c1-15-6-8-17(9-7-15)27-14-21-19(10-11-26-21)22(25)23-12-16-4-2-3-5-18(16)20(24)13-23/h2-11,20,24H,12-14H2,1H3/t20-/m0/s1. The van der Waals surface area contributed by atoms with E-state index in [0.717, 1.165) is 22.4 Å². The zero-order valence-electron chi connectivity index (χ0n) is 15.1. The van der Waals surface area contributed by atoms with Crippen molar-refractivity contribution in [1.82, 2.24) is 4.90 Å². The van der Waals surface area contributed by atoms with Crippen LogP contribution in [0, 0.1) is 6.92 Å². The third-order valence-corrected chi connectivity index (χ3v) is 4.82. The fourth-order valence-corrected chi connectivity index (χ4v) is 3.33. The number of furan rings is 1. The number of nitrogens with zero attached hydrogens (tertiary/aromatic N) is 1. The second kappa shape index (κ2) is 7.29. The van der Waals surface area contributed by atoms with Gasteiger partial charge in [0, 0.05) is 6.54 Å². The second-order valence-corrected chi connectivity index (χ2v) is 6.76. The first-order chi connectivity index (χ1) is 13.1. The summed E-state index contributed by atoms with van der Waals surface area (Å²) >= 11 is 0. The lowest BCUT2D eigenvalue weighted by atomic mass is 9.97. The molecule has 27 heavy (non-hydrogen) atoms. The summed E-state index contributed by atoms with van der Waals surface area (Å²) in [6.45, 7) is 2.91. The highest BCUT2D eigenvalue weighted by molar-refractivity contribution is 5.95. The van der Waals surface area contributed by atoms with E-state index in [4.69, 9.17) is 9.15 Å². The zero-order valence-corrected chi connectivity index (χ0v) is 15.1. The molecule has 2 aromatic carbocycles. The molecule has 0 aliphatic carbocycles. The Kier molecular flexibility index (Phi) is 4.69. The number of amides is 1. The van der Waals surface area contributed by atoms with Crippen LogP contribution >= 0.6 is 0 Å². The van der Waals surface area contributed by atoms with Crippen LogP contribution < -0.4 is 4.74 Å². The van der Waals surface area contributed by atoms with E-state index in [1.54, 1.807) is 11.0 Å². The molecule has 0 saturated carbocycles. The average Bonchev–Trinajstić information content (AvgIpc) is 3.15. The molecule has 1 aliphatic heterocycles. The van der Waals surface area contributed by atoms with Crippen LogP contribution in [0.25, 0.3) is 0 Å². The molecular formula is C22H21NO4. The Bertz CT molecular complexity index is 945. The minimum absolute atomic E-state index is 0.167. The maximum atomic E-state index is 13.0. The number of carbonyl (C=O) groups excluding carboxylic acids is 1. The lowest BCUT2D eigenvalue weighted by Crippen LogP contribution is -2.38. The number of aryl methyl sites for hydroxylation is 1. The number of carbonyl (C=O) groups is 1. The van der Waals surface area contributed by atoms with Crippen molar-refractivity contribution in [3.8, 4) is 5.75 Å². The Hall–Kier alpha value is -3.05. The quantitative estimate of drug-likeness (QED) is 0.765. The maximum Gasteiger partial charge on any atom is 0.257 e. The van der Waals surface area contributed by atoms with Crippen LogP contribution in [0.1, 0.15) is 38.9 Å². The van der Waals surface area contributed by atoms with Crippen molar-refractivity contribution < 1.29 is 19.1 Å². The summed E-state index contributed by atoms with van der Waals surface area (Å²) in [7, 11) is 0. The molecule has 4 rings (SSSR count). The summed E-state index contributed by atoms with van der Waals surface area (Å²) in [6, 6.07) is 17.0. The zero-order chi connectivity index (χ0) is 18.8. The summed E-state index contributed by atoms with van der Waals surface area (Å²) in [4.78, 5) is 14.6. The van der Waals surface area contributed by atoms with Gasteiger partial charge in [0.2, 0.25) is 0 Å². The predicted octanol–water partition coefficient (Wildman–Crippen LogP) is 3.86. The number of aliphatic hydroxyl groups is 1. The van der Waals surface area contributed by atoms with Gasteiger partial charge in [0.1, 0.15) is 12.4 Å². The van der Waals surface area contributed by atoms with E-state index in [1.807, 2.05) is 55.5 Å². The van der Waals surface area contributed by atoms with Gasteiger partial charge in [-0.05, 0) is 36.2 Å². The Labute approximate surface area is 157 Å². The van der Waals surface area contributed by atoms with E-state index in [9.17, 15) is 9.90 Å². The summed E-state index contributed by atoms with van der Waals surface area (Å²) in [5, 5.41) is 10.4. The number of ether oxygens (including phenoxy) is 1. The van der Waals surface area contributed by atoms with Crippen molar-refractivity contribution in [1.29, 1.82) is 0 Å². The minimum atomic E-state index is -0.682. The fourth-order valence-electron chi connectivity index (χ4n) is 3.33. The predicted molar refractivity (Wildman–Crippen MR) is 100 cm³/mol. The SMILES string of the molecule is Cc1ccc(OCc2occc2C(=O)N2Cc3ccccc3[C@@H](O)C2)cc1. The Morgan fingerprint density at radius 2 is 1.96 bits per heavy atom. The minimum Gasteiger partial charge on any atom is -0.486 e. The molecule has 3 aromatic rings. The molecule has 1 amide bonds. The molecule has 5 nitrogen and oxygen atoms in total. The van der Waals surface area contributed by atoms with E-state index in [-0.39, 0.29) is 19.1 Å². The monoisotopic (exact) mass is 363 g/mol. The number of hydrogen-bond donors (Lipinski definition) is 1. The van der Waals surface area contributed by atoms with Gasteiger partial charge >= 0.3 is 0 Å². The van der Waals surface area contributed by atoms with Crippen molar-refractivity contribution in [3.05, 3.63) is 88.9 Å². The summed E-state index contributed by atoms with van der Waals surface area (Å²) < 4.78 is 11.2. The van der Waals surface area contributed by atoms with Crippen LogP contribution in [0.2, 0.25) is 0 Å². The number of aliphatic hydroxyl groups excluding tert-OH is 1. The molecule has 0 unspecified atom stereocenters. The number of benzene rings is 2. The van der Waals surface area contributed by atoms with Crippen molar-refractivity contribution in [3.63, 3.8) is 0 Å². The van der Waals surface area contributed by atoms with Crippen LogP contribution in [0.3, 0.4) is 0 Å². The van der Waals surface area contributed by atoms with Gasteiger partial charge in [-0.3, -0.25) is 4.79 Å². The fraction of sp³-hybridized carbons (Fsp3) is 0.227. The largest absolute Gasteiger partial charge is 0.486 e. The van der Waals surface area contributed by atoms with Gasteiger partial charge in [-0.25, -0.2) is 0 Å². The van der Waals surface area contributed by atoms with Crippen LogP contribution in [0.5, 0.6) is 5.75 Å². The van der Waals surface area contributed by atoms with E-state index < -0.39 is 6.10 Å². The van der Waals surface area contributed by atoms with Crippen LogP contribution in [-0.2, 0) is 13.2 Å². The van der Waals surface area contributed by atoms with Gasteiger partial charge in [0.15, 0.2) is 5.76 Å². The first kappa shape index (κ1) is 17.4. The Balaban J connectivity index is 1.49. The van der Waals surface area contributed by atoms with Gasteiger partial charge in [-0.15, -0.1) is 0 Å². The lowest BCUT2D eigenvalue weighted by molar-refractivity contribution is 0.0546. The molecule has 138 valence electrons. The van der Waals surface area contributed by atoms with E-state index in [0.29, 0.717) is 17.9 Å². The number of rotatable bonds is 4. The second-order valence-electron chi connectivity index (χ2n) is 6.76. The molecule has 5 heteroatoms. The molecule has 1 atom stereocenters. The van der Waals surface area contributed by atoms with Gasteiger partial charge in [-0.1, -0.05) is 42.0 Å². The molecular weight excluding hydrogens is 342 g/mol. The third-order valence-electron chi connectivity index (χ3n) is 4.82. The van der Waals surface area contributed by atoms with Crippen LogP contribution in [0.15, 0.2) is 65.3 Å². The van der Waals surface area contributed by atoms with Crippen molar-refractivity contribution in [2.75, 3.05) is 6.54 Å². The number of β-amino-alcohol motifs (C(OH)–C–C–N with tert-alkyl or cyclic N) is 1. The highest BCUT2D eigenvalue weighted by atomic mass is 16.5. The topological polar surface area (TPSA) is 62.9 Å².